The molecule has 0 bridgehead atoms. The highest BCUT2D eigenvalue weighted by Crippen LogP contribution is 2.11. The van der Waals surface area contributed by atoms with E-state index in [0.717, 1.165) is 5.56 Å². The first-order valence-corrected chi connectivity index (χ1v) is 8.49. The quantitative estimate of drug-likeness (QED) is 0.638. The van der Waals surface area contributed by atoms with Gasteiger partial charge >= 0.3 is 0 Å². The summed E-state index contributed by atoms with van der Waals surface area (Å²) in [6.07, 6.45) is 1.37. The van der Waals surface area contributed by atoms with Crippen LogP contribution in [0.1, 0.15) is 30.0 Å². The number of benzene rings is 1. The van der Waals surface area contributed by atoms with Crippen LogP contribution in [0.5, 0.6) is 5.75 Å². The first-order chi connectivity index (χ1) is 12.9. The van der Waals surface area contributed by atoms with Gasteiger partial charge in [0.1, 0.15) is 11.8 Å². The highest BCUT2D eigenvalue weighted by atomic mass is 16.5. The molecule has 0 aliphatic heterocycles. The first-order valence-electron chi connectivity index (χ1n) is 8.49. The molecule has 2 aromatic rings. The van der Waals surface area contributed by atoms with Crippen molar-refractivity contribution in [3.05, 3.63) is 54.0 Å². The predicted octanol–water partition coefficient (Wildman–Crippen LogP) is 1.57. The van der Waals surface area contributed by atoms with Gasteiger partial charge in [0, 0.05) is 0 Å². The number of hydrazine groups is 1. The summed E-state index contributed by atoms with van der Waals surface area (Å²) in [6, 6.07) is 9.49. The van der Waals surface area contributed by atoms with Crippen LogP contribution in [0.25, 0.3) is 0 Å². The van der Waals surface area contributed by atoms with Crippen LogP contribution < -0.4 is 20.9 Å². The van der Waals surface area contributed by atoms with Gasteiger partial charge in [-0.15, -0.1) is 0 Å². The third-order valence-electron chi connectivity index (χ3n) is 3.67. The maximum Gasteiger partial charge on any atom is 0.287 e. The van der Waals surface area contributed by atoms with Gasteiger partial charge in [-0.1, -0.05) is 26.0 Å². The van der Waals surface area contributed by atoms with Crippen LogP contribution in [-0.4, -0.2) is 30.4 Å². The van der Waals surface area contributed by atoms with E-state index in [-0.39, 0.29) is 18.3 Å². The Kier molecular flexibility index (Phi) is 6.99. The van der Waals surface area contributed by atoms with Gasteiger partial charge in [-0.3, -0.25) is 25.2 Å². The molecule has 144 valence electrons. The van der Waals surface area contributed by atoms with Gasteiger partial charge in [-0.25, -0.2) is 0 Å². The molecule has 0 aliphatic carbocycles. The number of nitrogens with one attached hydrogen (secondary N) is 3. The number of carbonyl (C=O) groups excluding carboxylic acids is 3. The van der Waals surface area contributed by atoms with Crippen molar-refractivity contribution in [2.24, 2.45) is 5.92 Å². The van der Waals surface area contributed by atoms with Crippen LogP contribution in [0.2, 0.25) is 0 Å². The summed E-state index contributed by atoms with van der Waals surface area (Å²) < 4.78 is 10.4. The Morgan fingerprint density at radius 3 is 2.52 bits per heavy atom. The monoisotopic (exact) mass is 373 g/mol. The van der Waals surface area contributed by atoms with E-state index in [1.165, 1.54) is 12.3 Å². The van der Waals surface area contributed by atoms with Crippen molar-refractivity contribution in [1.82, 2.24) is 16.2 Å². The third-order valence-corrected chi connectivity index (χ3v) is 3.67. The minimum atomic E-state index is -0.847. The van der Waals surface area contributed by atoms with Crippen molar-refractivity contribution in [2.45, 2.75) is 26.8 Å². The number of furan rings is 1. The van der Waals surface area contributed by atoms with Crippen LogP contribution >= 0.6 is 0 Å². The van der Waals surface area contributed by atoms with Crippen LogP contribution in [0.15, 0.2) is 47.1 Å². The van der Waals surface area contributed by atoms with Gasteiger partial charge in [-0.05, 0) is 42.7 Å². The van der Waals surface area contributed by atoms with Crippen molar-refractivity contribution in [3.8, 4) is 5.75 Å². The highest BCUT2D eigenvalue weighted by molar-refractivity contribution is 5.96. The smallest absolute Gasteiger partial charge is 0.287 e. The van der Waals surface area contributed by atoms with E-state index < -0.39 is 23.8 Å². The summed E-state index contributed by atoms with van der Waals surface area (Å²) in [6.45, 7) is 5.20. The van der Waals surface area contributed by atoms with Crippen molar-refractivity contribution in [3.63, 3.8) is 0 Å². The maximum absolute atomic E-state index is 12.3. The Hall–Kier alpha value is -3.29. The summed E-state index contributed by atoms with van der Waals surface area (Å²) in [5, 5.41) is 2.58. The lowest BCUT2D eigenvalue weighted by atomic mass is 10.0. The molecule has 8 heteroatoms. The van der Waals surface area contributed by atoms with Crippen LogP contribution in [0.4, 0.5) is 0 Å². The molecule has 0 saturated carbocycles. The van der Waals surface area contributed by atoms with Gasteiger partial charge in [0.15, 0.2) is 12.4 Å². The Morgan fingerprint density at radius 1 is 1.11 bits per heavy atom. The second-order valence-corrected chi connectivity index (χ2v) is 6.32. The Bertz CT molecular complexity index is 786. The van der Waals surface area contributed by atoms with Gasteiger partial charge in [0.05, 0.1) is 6.26 Å². The number of aryl methyl sites for hydroxylation is 1. The molecule has 0 aliphatic rings. The maximum atomic E-state index is 12.3. The summed E-state index contributed by atoms with van der Waals surface area (Å²) in [4.78, 5) is 36.2. The lowest BCUT2D eigenvalue weighted by molar-refractivity contribution is -0.131. The second-order valence-electron chi connectivity index (χ2n) is 6.32. The fraction of sp³-hybridized carbons (Fsp3) is 0.316. The Balaban J connectivity index is 1.82. The number of ether oxygens (including phenoxy) is 1. The van der Waals surface area contributed by atoms with Crippen LogP contribution in [0, 0.1) is 12.8 Å². The Morgan fingerprint density at radius 2 is 1.89 bits per heavy atom. The topological polar surface area (TPSA) is 110 Å². The zero-order chi connectivity index (χ0) is 19.8. The molecule has 0 spiro atoms. The van der Waals surface area contributed by atoms with Gasteiger partial charge in [0.25, 0.3) is 17.7 Å². The van der Waals surface area contributed by atoms with Crippen LogP contribution in [-0.2, 0) is 9.59 Å². The molecular weight excluding hydrogens is 350 g/mol. The lowest BCUT2D eigenvalue weighted by Crippen LogP contribution is -2.54. The van der Waals surface area contributed by atoms with Gasteiger partial charge in [-0.2, -0.15) is 0 Å². The van der Waals surface area contributed by atoms with Crippen molar-refractivity contribution in [1.29, 1.82) is 0 Å². The predicted molar refractivity (Wildman–Crippen MR) is 97.8 cm³/mol. The molecule has 1 atom stereocenters. The average molecular weight is 373 g/mol. The zero-order valence-electron chi connectivity index (χ0n) is 15.4. The van der Waals surface area contributed by atoms with E-state index in [1.807, 2.05) is 19.1 Å². The molecule has 2 rings (SSSR count). The average Bonchev–Trinajstić information content (AvgIpc) is 3.17. The molecule has 0 fully saturated rings. The highest BCUT2D eigenvalue weighted by Gasteiger charge is 2.25. The minimum Gasteiger partial charge on any atom is -0.484 e. The number of amides is 3. The van der Waals surface area contributed by atoms with Crippen molar-refractivity contribution < 1.29 is 23.5 Å². The molecule has 0 saturated heterocycles. The zero-order valence-corrected chi connectivity index (χ0v) is 15.4. The van der Waals surface area contributed by atoms with Crippen molar-refractivity contribution in [2.75, 3.05) is 6.61 Å². The van der Waals surface area contributed by atoms with E-state index in [9.17, 15) is 14.4 Å². The normalized spacial score (nSPS) is 11.6. The molecule has 1 heterocycles. The summed E-state index contributed by atoms with van der Waals surface area (Å²) in [5.74, 6) is -1.13. The number of carbonyl (C=O) groups is 3. The van der Waals surface area contributed by atoms with E-state index in [0.29, 0.717) is 5.75 Å². The van der Waals surface area contributed by atoms with Crippen molar-refractivity contribution >= 4 is 17.7 Å². The SMILES string of the molecule is Cc1cccc(OCC(=O)NNC(=O)[C@@H](NC(=O)c2ccco2)C(C)C)c1. The standard InChI is InChI=1S/C19H23N3O5/c1-12(2)17(20-18(24)15-8-5-9-26-15)19(25)22-21-16(23)11-27-14-7-4-6-13(3)10-14/h4-10,12,17H,11H2,1-3H3,(H,20,24)(H,21,23)(H,22,25)/t17-/m0/s1. The number of hydrogen-bond donors (Lipinski definition) is 3. The molecule has 0 radical (unpaired) electrons. The number of hydrogen-bond acceptors (Lipinski definition) is 5. The van der Waals surface area contributed by atoms with E-state index in [1.54, 1.807) is 32.0 Å². The van der Waals surface area contributed by atoms with Gasteiger partial charge in [0.2, 0.25) is 0 Å². The minimum absolute atomic E-state index is 0.101. The fourth-order valence-electron chi connectivity index (χ4n) is 2.25. The molecule has 3 N–H and O–H groups in total. The van der Waals surface area contributed by atoms with E-state index >= 15 is 0 Å². The van der Waals surface area contributed by atoms with E-state index in [2.05, 4.69) is 16.2 Å². The summed E-state index contributed by atoms with van der Waals surface area (Å²) in [7, 11) is 0. The Labute approximate surface area is 157 Å². The molecule has 1 aromatic heterocycles. The largest absolute Gasteiger partial charge is 0.484 e. The number of rotatable bonds is 7. The molecule has 27 heavy (non-hydrogen) atoms. The molecule has 0 unspecified atom stereocenters. The molecule has 1 aromatic carbocycles. The second kappa shape index (κ2) is 9.42. The first kappa shape index (κ1) is 20.0. The fourth-order valence-corrected chi connectivity index (χ4v) is 2.25. The summed E-state index contributed by atoms with van der Waals surface area (Å²) >= 11 is 0. The van der Waals surface area contributed by atoms with Crippen LogP contribution in [0.3, 0.4) is 0 Å². The van der Waals surface area contributed by atoms with E-state index in [4.69, 9.17) is 9.15 Å². The summed E-state index contributed by atoms with van der Waals surface area (Å²) in [5.41, 5.74) is 5.58. The molecule has 3 amide bonds. The van der Waals surface area contributed by atoms with Gasteiger partial charge < -0.3 is 14.5 Å². The lowest BCUT2D eigenvalue weighted by Gasteiger charge is -2.21. The third kappa shape index (κ3) is 6.18. The molecule has 8 nitrogen and oxygen atoms in total. The molecular formula is C19H23N3O5.